The highest BCUT2D eigenvalue weighted by Gasteiger charge is 2.43. The van der Waals surface area contributed by atoms with E-state index in [1.807, 2.05) is 7.05 Å². The zero-order valence-electron chi connectivity index (χ0n) is 8.08. The van der Waals surface area contributed by atoms with Crippen LogP contribution in [-0.2, 0) is 8.47 Å². The van der Waals surface area contributed by atoms with Crippen LogP contribution in [0.1, 0.15) is 12.8 Å². The van der Waals surface area contributed by atoms with Crippen LogP contribution in [0, 0.1) is 0 Å². The van der Waals surface area contributed by atoms with Gasteiger partial charge in [0.25, 0.3) is 0 Å². The van der Waals surface area contributed by atoms with Crippen LogP contribution in [0.4, 0.5) is 0 Å². The standard InChI is InChI=1S/C7H17N3O2S/c1-8-7-3-5-10(6-4-7)13(11-2)9-12-13/h7-9H,3-6H2,1-2H3. The highest BCUT2D eigenvalue weighted by Crippen LogP contribution is 2.60. The Labute approximate surface area is 80.7 Å². The summed E-state index contributed by atoms with van der Waals surface area (Å²) < 4.78 is 12.7. The molecule has 13 heavy (non-hydrogen) atoms. The minimum Gasteiger partial charge on any atom is -0.317 e. The Kier molecular flexibility index (Phi) is 2.77. The van der Waals surface area contributed by atoms with Gasteiger partial charge in [0.1, 0.15) is 0 Å². The minimum absolute atomic E-state index is 0.656. The summed E-state index contributed by atoms with van der Waals surface area (Å²) in [4.78, 5) is 2.87. The Morgan fingerprint density at radius 3 is 2.54 bits per heavy atom. The van der Waals surface area contributed by atoms with Crippen LogP contribution in [0.15, 0.2) is 0 Å². The summed E-state index contributed by atoms with van der Waals surface area (Å²) >= 11 is 0. The second-order valence-corrected chi connectivity index (χ2v) is 5.43. The molecule has 0 radical (unpaired) electrons. The lowest BCUT2D eigenvalue weighted by molar-refractivity contribution is 0.279. The fourth-order valence-corrected chi connectivity index (χ4v) is 3.17. The Balaban J connectivity index is 1.84. The Morgan fingerprint density at radius 1 is 1.54 bits per heavy atom. The van der Waals surface area contributed by atoms with Crippen molar-refractivity contribution in [3.8, 4) is 0 Å². The van der Waals surface area contributed by atoms with Gasteiger partial charge in [-0.05, 0) is 30.9 Å². The van der Waals surface area contributed by atoms with Crippen LogP contribution in [0.2, 0.25) is 0 Å². The molecule has 0 amide bonds. The second kappa shape index (κ2) is 3.72. The molecule has 0 aliphatic carbocycles. The molecule has 1 unspecified atom stereocenters. The SMILES string of the molecule is CNC1CCN(S2(OC)NO2)CC1. The molecule has 2 aliphatic rings. The Bertz CT molecular complexity index is 181. The molecule has 5 nitrogen and oxygen atoms in total. The first kappa shape index (κ1) is 9.70. The van der Waals surface area contributed by atoms with Crippen molar-refractivity contribution in [1.29, 1.82) is 0 Å². The van der Waals surface area contributed by atoms with Crippen LogP contribution in [-0.4, -0.2) is 37.6 Å². The zero-order chi connectivity index (χ0) is 9.31. The van der Waals surface area contributed by atoms with Gasteiger partial charge < -0.3 is 5.32 Å². The van der Waals surface area contributed by atoms with Crippen LogP contribution < -0.4 is 10.2 Å². The Morgan fingerprint density at radius 2 is 2.15 bits per heavy atom. The van der Waals surface area contributed by atoms with Crippen LogP contribution in [0.25, 0.3) is 0 Å². The molecule has 78 valence electrons. The van der Waals surface area contributed by atoms with Crippen molar-refractivity contribution in [1.82, 2.24) is 14.5 Å². The average molecular weight is 207 g/mol. The lowest BCUT2D eigenvalue weighted by Gasteiger charge is -2.36. The van der Waals surface area contributed by atoms with Crippen molar-refractivity contribution in [3.05, 3.63) is 0 Å². The fraction of sp³-hybridized carbons (Fsp3) is 1.00. The normalized spacial score (nSPS) is 41.4. The summed E-state index contributed by atoms with van der Waals surface area (Å²) in [6.07, 6.45) is 2.33. The summed E-state index contributed by atoms with van der Waals surface area (Å²) in [5, 5.41) is 3.29. The third-order valence-corrected chi connectivity index (χ3v) is 4.60. The van der Waals surface area contributed by atoms with Crippen molar-refractivity contribution in [2.24, 2.45) is 0 Å². The van der Waals surface area contributed by atoms with Gasteiger partial charge in [0.15, 0.2) is 0 Å². The molecule has 1 atom stereocenters. The first-order valence-electron chi connectivity index (χ1n) is 4.57. The van der Waals surface area contributed by atoms with Crippen molar-refractivity contribution in [2.75, 3.05) is 27.2 Å². The molecule has 0 bridgehead atoms. The van der Waals surface area contributed by atoms with E-state index >= 15 is 0 Å². The molecule has 0 aromatic carbocycles. The van der Waals surface area contributed by atoms with Gasteiger partial charge in [-0.15, -0.1) is 4.28 Å². The molecular weight excluding hydrogens is 190 g/mol. The number of rotatable bonds is 3. The van der Waals surface area contributed by atoms with Crippen molar-refractivity contribution < 1.29 is 8.47 Å². The maximum Gasteiger partial charge on any atom is 0.0636 e. The first-order chi connectivity index (χ1) is 6.30. The minimum atomic E-state index is -1.45. The highest BCUT2D eigenvalue weighted by molar-refractivity contribution is 8.26. The molecule has 2 N–H and O–H groups in total. The fourth-order valence-electron chi connectivity index (χ4n) is 1.69. The number of piperidine rings is 1. The quantitative estimate of drug-likeness (QED) is 0.653. The molecule has 2 heterocycles. The lowest BCUT2D eigenvalue weighted by atomic mass is 10.1. The van der Waals surface area contributed by atoms with Gasteiger partial charge in [0.05, 0.1) is 7.11 Å². The Hall–Kier alpha value is 0.150. The van der Waals surface area contributed by atoms with Crippen molar-refractivity contribution in [3.63, 3.8) is 0 Å². The van der Waals surface area contributed by atoms with E-state index in [1.165, 1.54) is 12.8 Å². The highest BCUT2D eigenvalue weighted by atomic mass is 32.3. The van der Waals surface area contributed by atoms with E-state index in [0.717, 1.165) is 13.1 Å². The molecule has 6 heteroatoms. The summed E-state index contributed by atoms with van der Waals surface area (Å²) in [6, 6.07) is 0.656. The monoisotopic (exact) mass is 207 g/mol. The molecule has 0 saturated carbocycles. The lowest BCUT2D eigenvalue weighted by Crippen LogP contribution is -2.40. The maximum atomic E-state index is 5.31. The second-order valence-electron chi connectivity index (χ2n) is 3.30. The van der Waals surface area contributed by atoms with Crippen molar-refractivity contribution in [2.45, 2.75) is 18.9 Å². The van der Waals surface area contributed by atoms with Gasteiger partial charge in [-0.3, -0.25) is 4.18 Å². The number of nitrogens with one attached hydrogen (secondary N) is 2. The number of nitrogens with zero attached hydrogens (tertiary/aromatic N) is 1. The van der Waals surface area contributed by atoms with Crippen LogP contribution in [0.3, 0.4) is 0 Å². The largest absolute Gasteiger partial charge is 0.317 e. The summed E-state index contributed by atoms with van der Waals surface area (Å²) in [7, 11) is 2.27. The van der Waals surface area contributed by atoms with E-state index in [4.69, 9.17) is 8.47 Å². The third kappa shape index (κ3) is 1.83. The van der Waals surface area contributed by atoms with Gasteiger partial charge in [0.2, 0.25) is 0 Å². The van der Waals surface area contributed by atoms with E-state index in [-0.39, 0.29) is 0 Å². The molecule has 2 saturated heterocycles. The molecule has 2 rings (SSSR count). The number of hydrogen-bond acceptors (Lipinski definition) is 5. The van der Waals surface area contributed by atoms with Crippen molar-refractivity contribution >= 4 is 11.0 Å². The summed E-state index contributed by atoms with van der Waals surface area (Å²) in [6.45, 7) is 2.09. The molecule has 0 aromatic heterocycles. The topological polar surface area (TPSA) is 59.0 Å². The van der Waals surface area contributed by atoms with Gasteiger partial charge in [-0.1, -0.05) is 4.89 Å². The predicted octanol–water partition coefficient (Wildman–Crippen LogP) is 0.316. The third-order valence-electron chi connectivity index (χ3n) is 2.65. The molecule has 0 spiro atoms. The van der Waals surface area contributed by atoms with E-state index in [0.29, 0.717) is 6.04 Å². The van der Waals surface area contributed by atoms with Gasteiger partial charge >= 0.3 is 0 Å². The van der Waals surface area contributed by atoms with Gasteiger partial charge in [0, 0.05) is 19.1 Å². The summed E-state index contributed by atoms with van der Waals surface area (Å²) in [5.41, 5.74) is 0. The first-order valence-corrected chi connectivity index (χ1v) is 6.01. The van der Waals surface area contributed by atoms with Gasteiger partial charge in [-0.2, -0.15) is 4.31 Å². The van der Waals surface area contributed by atoms with E-state index in [1.54, 1.807) is 7.11 Å². The number of hydrogen-bond donors (Lipinski definition) is 2. The molecule has 0 aromatic rings. The smallest absolute Gasteiger partial charge is 0.0636 e. The summed E-state index contributed by atoms with van der Waals surface area (Å²) in [5.74, 6) is 0. The van der Waals surface area contributed by atoms with Gasteiger partial charge in [-0.25, -0.2) is 0 Å². The maximum absolute atomic E-state index is 5.31. The molecule has 2 aliphatic heterocycles. The van der Waals surface area contributed by atoms with E-state index in [9.17, 15) is 0 Å². The molecule has 2 fully saturated rings. The van der Waals surface area contributed by atoms with E-state index < -0.39 is 11.0 Å². The average Bonchev–Trinajstić information content (AvgIpc) is 2.99. The molecular formula is C7H17N3O2S. The van der Waals surface area contributed by atoms with Crippen LogP contribution in [0.5, 0.6) is 0 Å². The predicted molar refractivity (Wildman–Crippen MR) is 52.5 cm³/mol. The van der Waals surface area contributed by atoms with Crippen LogP contribution >= 0.6 is 11.0 Å². The van der Waals surface area contributed by atoms with E-state index in [2.05, 4.69) is 14.5 Å². The zero-order valence-corrected chi connectivity index (χ0v) is 8.89.